The fourth-order valence-corrected chi connectivity index (χ4v) is 3.04. The van der Waals surface area contributed by atoms with Crippen LogP contribution >= 0.6 is 11.6 Å². The number of methoxy groups -OCH3 is 2. The summed E-state index contributed by atoms with van der Waals surface area (Å²) in [5.74, 6) is 4.65. The standard InChI is InChI=1S/C16H21ClN2O2/c1-10-6-11(10)9-19-13-8-15(21-3)14(20-2)7-12(13)18-16(19)4-5-17/h7-8,10-11H,4-6,9H2,1-3H3. The number of imidazole rings is 1. The topological polar surface area (TPSA) is 36.3 Å². The van der Waals surface area contributed by atoms with E-state index in [-0.39, 0.29) is 0 Å². The normalized spacial score (nSPS) is 20.8. The first kappa shape index (κ1) is 14.5. The van der Waals surface area contributed by atoms with Gasteiger partial charge in [-0.2, -0.15) is 0 Å². The molecular weight excluding hydrogens is 288 g/mol. The second kappa shape index (κ2) is 5.76. The third-order valence-electron chi connectivity index (χ3n) is 4.34. The summed E-state index contributed by atoms with van der Waals surface area (Å²) in [6, 6.07) is 3.96. The van der Waals surface area contributed by atoms with E-state index in [2.05, 4.69) is 11.5 Å². The van der Waals surface area contributed by atoms with Crippen LogP contribution in [0.1, 0.15) is 19.2 Å². The van der Waals surface area contributed by atoms with Crippen molar-refractivity contribution in [1.29, 1.82) is 0 Å². The Morgan fingerprint density at radius 3 is 2.52 bits per heavy atom. The Hall–Kier alpha value is -1.42. The van der Waals surface area contributed by atoms with Crippen molar-refractivity contribution in [2.75, 3.05) is 20.1 Å². The van der Waals surface area contributed by atoms with Crippen LogP contribution in [0.25, 0.3) is 11.0 Å². The highest BCUT2D eigenvalue weighted by Gasteiger charge is 2.33. The van der Waals surface area contributed by atoms with Crippen molar-refractivity contribution in [1.82, 2.24) is 9.55 Å². The molecule has 1 saturated carbocycles. The van der Waals surface area contributed by atoms with Gasteiger partial charge in [0.2, 0.25) is 0 Å². The Balaban J connectivity index is 2.09. The van der Waals surface area contributed by atoms with Gasteiger partial charge in [0.15, 0.2) is 11.5 Å². The SMILES string of the molecule is COc1cc2nc(CCCl)n(CC3CC3C)c2cc1OC. The molecule has 0 N–H and O–H groups in total. The molecule has 1 aromatic carbocycles. The first-order valence-corrected chi connectivity index (χ1v) is 7.88. The van der Waals surface area contributed by atoms with Gasteiger partial charge in [0, 0.05) is 31.0 Å². The summed E-state index contributed by atoms with van der Waals surface area (Å²) < 4.78 is 13.1. The van der Waals surface area contributed by atoms with Gasteiger partial charge in [-0.3, -0.25) is 0 Å². The molecule has 21 heavy (non-hydrogen) atoms. The zero-order valence-corrected chi connectivity index (χ0v) is 13.5. The highest BCUT2D eigenvalue weighted by atomic mass is 35.5. The van der Waals surface area contributed by atoms with Crippen LogP contribution in [0.15, 0.2) is 12.1 Å². The number of nitrogens with zero attached hydrogens (tertiary/aromatic N) is 2. The van der Waals surface area contributed by atoms with E-state index in [1.54, 1.807) is 14.2 Å². The highest BCUT2D eigenvalue weighted by molar-refractivity contribution is 6.17. The monoisotopic (exact) mass is 308 g/mol. The molecule has 1 aromatic heterocycles. The van der Waals surface area contributed by atoms with Crippen LogP contribution in [-0.4, -0.2) is 29.7 Å². The molecule has 0 bridgehead atoms. The summed E-state index contributed by atoms with van der Waals surface area (Å²) in [6.07, 6.45) is 2.08. The minimum Gasteiger partial charge on any atom is -0.493 e. The highest BCUT2D eigenvalue weighted by Crippen LogP contribution is 2.41. The van der Waals surface area contributed by atoms with E-state index in [0.29, 0.717) is 11.6 Å². The lowest BCUT2D eigenvalue weighted by Crippen LogP contribution is -2.07. The van der Waals surface area contributed by atoms with Gasteiger partial charge in [0.05, 0.1) is 25.3 Å². The van der Waals surface area contributed by atoms with Gasteiger partial charge >= 0.3 is 0 Å². The quantitative estimate of drug-likeness (QED) is 0.766. The zero-order chi connectivity index (χ0) is 15.0. The van der Waals surface area contributed by atoms with E-state index in [1.165, 1.54) is 6.42 Å². The molecule has 0 aliphatic heterocycles. The zero-order valence-electron chi connectivity index (χ0n) is 12.7. The minimum absolute atomic E-state index is 0.581. The first-order valence-electron chi connectivity index (χ1n) is 7.35. The van der Waals surface area contributed by atoms with Crippen LogP contribution in [-0.2, 0) is 13.0 Å². The number of halogens is 1. The Morgan fingerprint density at radius 1 is 1.29 bits per heavy atom. The summed E-state index contributed by atoms with van der Waals surface area (Å²) in [6.45, 7) is 3.31. The van der Waals surface area contributed by atoms with Crippen molar-refractivity contribution in [2.45, 2.75) is 26.3 Å². The van der Waals surface area contributed by atoms with Crippen molar-refractivity contribution in [3.05, 3.63) is 18.0 Å². The predicted octanol–water partition coefficient (Wildman–Crippen LogP) is 3.49. The average molecular weight is 309 g/mol. The molecule has 0 radical (unpaired) electrons. The molecular formula is C16H21ClN2O2. The second-order valence-corrected chi connectivity index (χ2v) is 6.12. The first-order chi connectivity index (χ1) is 10.2. The van der Waals surface area contributed by atoms with Crippen molar-refractivity contribution in [3.63, 3.8) is 0 Å². The summed E-state index contributed by atoms with van der Waals surface area (Å²) in [4.78, 5) is 4.74. The summed E-state index contributed by atoms with van der Waals surface area (Å²) >= 11 is 5.93. The molecule has 4 nitrogen and oxygen atoms in total. The van der Waals surface area contributed by atoms with Crippen LogP contribution in [0.5, 0.6) is 11.5 Å². The number of benzene rings is 1. The molecule has 2 aromatic rings. The molecule has 1 heterocycles. The van der Waals surface area contributed by atoms with Gasteiger partial charge in [-0.05, 0) is 18.3 Å². The Kier molecular flexibility index (Phi) is 3.98. The maximum absolute atomic E-state index is 5.93. The van der Waals surface area contributed by atoms with Crippen molar-refractivity contribution < 1.29 is 9.47 Å². The number of hydrogen-bond donors (Lipinski definition) is 0. The maximum Gasteiger partial charge on any atom is 0.163 e. The molecule has 5 heteroatoms. The van der Waals surface area contributed by atoms with Crippen LogP contribution in [0.4, 0.5) is 0 Å². The van der Waals surface area contributed by atoms with Gasteiger partial charge in [0.1, 0.15) is 5.82 Å². The van der Waals surface area contributed by atoms with Gasteiger partial charge in [0.25, 0.3) is 0 Å². The molecule has 3 rings (SSSR count). The average Bonchev–Trinajstić information content (AvgIpc) is 3.08. The Bertz CT molecular complexity index is 653. The third-order valence-corrected chi connectivity index (χ3v) is 4.53. The van der Waals surface area contributed by atoms with Crippen molar-refractivity contribution >= 4 is 22.6 Å². The Labute approximate surface area is 130 Å². The van der Waals surface area contributed by atoms with E-state index >= 15 is 0 Å². The lowest BCUT2D eigenvalue weighted by atomic mass is 10.2. The molecule has 0 spiro atoms. The molecule has 1 aliphatic carbocycles. The lowest BCUT2D eigenvalue weighted by Gasteiger charge is -2.10. The third kappa shape index (κ3) is 2.69. The van der Waals surface area contributed by atoms with E-state index < -0.39 is 0 Å². The summed E-state index contributed by atoms with van der Waals surface area (Å²) in [5, 5.41) is 0. The number of aromatic nitrogens is 2. The predicted molar refractivity (Wildman–Crippen MR) is 84.5 cm³/mol. The molecule has 0 saturated heterocycles. The van der Waals surface area contributed by atoms with E-state index in [0.717, 1.165) is 47.4 Å². The van der Waals surface area contributed by atoms with Gasteiger partial charge in [-0.15, -0.1) is 11.6 Å². The largest absolute Gasteiger partial charge is 0.493 e. The smallest absolute Gasteiger partial charge is 0.163 e. The van der Waals surface area contributed by atoms with Crippen LogP contribution in [0.3, 0.4) is 0 Å². The summed E-state index contributed by atoms with van der Waals surface area (Å²) in [7, 11) is 3.30. The molecule has 1 aliphatic rings. The number of rotatable bonds is 6. The lowest BCUT2D eigenvalue weighted by molar-refractivity contribution is 0.355. The van der Waals surface area contributed by atoms with Gasteiger partial charge in [-0.1, -0.05) is 6.92 Å². The molecule has 114 valence electrons. The van der Waals surface area contributed by atoms with Gasteiger partial charge < -0.3 is 14.0 Å². The summed E-state index contributed by atoms with van der Waals surface area (Å²) in [5.41, 5.74) is 2.05. The molecule has 1 fully saturated rings. The van der Waals surface area contributed by atoms with E-state index in [4.69, 9.17) is 26.1 Å². The molecule has 0 amide bonds. The van der Waals surface area contributed by atoms with Gasteiger partial charge in [-0.25, -0.2) is 4.98 Å². The molecule has 2 unspecified atom stereocenters. The second-order valence-electron chi connectivity index (χ2n) is 5.75. The number of hydrogen-bond acceptors (Lipinski definition) is 3. The minimum atomic E-state index is 0.581. The van der Waals surface area contributed by atoms with E-state index in [9.17, 15) is 0 Å². The van der Waals surface area contributed by atoms with Crippen LogP contribution in [0.2, 0.25) is 0 Å². The van der Waals surface area contributed by atoms with Crippen molar-refractivity contribution in [3.8, 4) is 11.5 Å². The van der Waals surface area contributed by atoms with Crippen LogP contribution < -0.4 is 9.47 Å². The fourth-order valence-electron chi connectivity index (χ4n) is 2.87. The number of aryl methyl sites for hydroxylation is 1. The maximum atomic E-state index is 5.93. The Morgan fingerprint density at radius 2 is 1.95 bits per heavy atom. The fraction of sp³-hybridized carbons (Fsp3) is 0.562. The van der Waals surface area contributed by atoms with Crippen LogP contribution in [0, 0.1) is 11.8 Å². The number of fused-ring (bicyclic) bond motifs is 1. The number of ether oxygens (including phenoxy) is 2. The van der Waals surface area contributed by atoms with Crippen molar-refractivity contribution in [2.24, 2.45) is 11.8 Å². The van der Waals surface area contributed by atoms with E-state index in [1.807, 2.05) is 12.1 Å². The number of alkyl halides is 1. The molecule has 2 atom stereocenters.